The van der Waals surface area contributed by atoms with Gasteiger partial charge in [0.05, 0.1) is 6.20 Å². The number of aryl methyl sites for hydroxylation is 1. The first-order valence-electron chi connectivity index (χ1n) is 4.95. The van der Waals surface area contributed by atoms with Gasteiger partial charge in [0.1, 0.15) is 5.78 Å². The van der Waals surface area contributed by atoms with Gasteiger partial charge in [0.2, 0.25) is 0 Å². The minimum absolute atomic E-state index is 0.330. The molecule has 1 aromatic heterocycles. The van der Waals surface area contributed by atoms with Crippen molar-refractivity contribution in [2.24, 2.45) is 5.92 Å². The SMILES string of the molecule is CC(C)CC(=O)CCc1ccnnc1. The van der Waals surface area contributed by atoms with Gasteiger partial charge in [-0.2, -0.15) is 10.2 Å². The fourth-order valence-electron chi connectivity index (χ4n) is 1.31. The minimum atomic E-state index is 0.330. The number of Topliss-reactive ketones (excluding diaryl/α,β-unsaturated/α-hetero) is 1. The van der Waals surface area contributed by atoms with Crippen LogP contribution < -0.4 is 0 Å². The third kappa shape index (κ3) is 4.12. The van der Waals surface area contributed by atoms with Crippen molar-refractivity contribution in [2.45, 2.75) is 33.1 Å². The number of hydrogen-bond acceptors (Lipinski definition) is 3. The Hall–Kier alpha value is -1.25. The van der Waals surface area contributed by atoms with Crippen molar-refractivity contribution in [1.29, 1.82) is 0 Å². The molecule has 3 nitrogen and oxygen atoms in total. The van der Waals surface area contributed by atoms with E-state index in [1.165, 1.54) is 0 Å². The molecule has 0 aliphatic carbocycles. The lowest BCUT2D eigenvalue weighted by Gasteiger charge is -2.03. The highest BCUT2D eigenvalue weighted by atomic mass is 16.1. The van der Waals surface area contributed by atoms with Crippen LogP contribution in [0.25, 0.3) is 0 Å². The van der Waals surface area contributed by atoms with E-state index in [4.69, 9.17) is 0 Å². The van der Waals surface area contributed by atoms with E-state index in [0.29, 0.717) is 24.5 Å². The molecule has 0 fully saturated rings. The summed E-state index contributed by atoms with van der Waals surface area (Å²) in [6.45, 7) is 4.12. The maximum atomic E-state index is 11.4. The van der Waals surface area contributed by atoms with Crippen LogP contribution in [0.3, 0.4) is 0 Å². The monoisotopic (exact) mass is 192 g/mol. The third-order valence-corrected chi connectivity index (χ3v) is 1.97. The number of nitrogens with zero attached hydrogens (tertiary/aromatic N) is 2. The first-order chi connectivity index (χ1) is 6.68. The van der Waals surface area contributed by atoms with E-state index >= 15 is 0 Å². The highest BCUT2D eigenvalue weighted by molar-refractivity contribution is 5.78. The zero-order chi connectivity index (χ0) is 10.4. The van der Waals surface area contributed by atoms with E-state index in [9.17, 15) is 4.79 Å². The number of rotatable bonds is 5. The Balaban J connectivity index is 2.31. The molecule has 0 aliphatic heterocycles. The fourth-order valence-corrected chi connectivity index (χ4v) is 1.31. The van der Waals surface area contributed by atoms with Crippen molar-refractivity contribution in [2.75, 3.05) is 0 Å². The minimum Gasteiger partial charge on any atom is -0.300 e. The molecule has 3 heteroatoms. The molecule has 1 rings (SSSR count). The molecule has 0 saturated carbocycles. The predicted octanol–water partition coefficient (Wildman–Crippen LogP) is 2.02. The molecule has 0 unspecified atom stereocenters. The average molecular weight is 192 g/mol. The molecule has 0 spiro atoms. The van der Waals surface area contributed by atoms with Gasteiger partial charge in [-0.25, -0.2) is 0 Å². The third-order valence-electron chi connectivity index (χ3n) is 1.97. The molecule has 0 atom stereocenters. The molecule has 1 aromatic rings. The van der Waals surface area contributed by atoms with Crippen molar-refractivity contribution >= 4 is 5.78 Å². The number of ketones is 1. The van der Waals surface area contributed by atoms with Crippen LogP contribution in [-0.2, 0) is 11.2 Å². The zero-order valence-electron chi connectivity index (χ0n) is 8.73. The Morgan fingerprint density at radius 1 is 1.43 bits per heavy atom. The van der Waals surface area contributed by atoms with Gasteiger partial charge in [-0.15, -0.1) is 0 Å². The Morgan fingerprint density at radius 2 is 2.21 bits per heavy atom. The molecule has 0 amide bonds. The van der Waals surface area contributed by atoms with E-state index < -0.39 is 0 Å². The lowest BCUT2D eigenvalue weighted by molar-refractivity contribution is -0.119. The van der Waals surface area contributed by atoms with Crippen LogP contribution in [-0.4, -0.2) is 16.0 Å². The summed E-state index contributed by atoms with van der Waals surface area (Å²) in [5.74, 6) is 0.787. The molecular formula is C11H16N2O. The van der Waals surface area contributed by atoms with E-state index in [-0.39, 0.29) is 0 Å². The summed E-state index contributed by atoms with van der Waals surface area (Å²) in [6.07, 6.45) is 5.44. The van der Waals surface area contributed by atoms with E-state index in [1.54, 1.807) is 12.4 Å². The van der Waals surface area contributed by atoms with E-state index in [2.05, 4.69) is 24.0 Å². The van der Waals surface area contributed by atoms with Crippen LogP contribution in [0.1, 0.15) is 32.3 Å². The normalized spacial score (nSPS) is 10.5. The standard InChI is InChI=1S/C11H16N2O/c1-9(2)7-11(14)4-3-10-5-6-12-13-8-10/h5-6,8-9H,3-4,7H2,1-2H3. The second-order valence-electron chi connectivity index (χ2n) is 3.89. The summed E-state index contributed by atoms with van der Waals surface area (Å²) < 4.78 is 0. The van der Waals surface area contributed by atoms with Gasteiger partial charge in [-0.05, 0) is 24.0 Å². The van der Waals surface area contributed by atoms with Gasteiger partial charge in [-0.3, -0.25) is 4.79 Å². The molecule has 1 heterocycles. The van der Waals surface area contributed by atoms with Gasteiger partial charge in [0.25, 0.3) is 0 Å². The number of hydrogen-bond donors (Lipinski definition) is 0. The summed E-state index contributed by atoms with van der Waals surface area (Å²) in [6, 6.07) is 1.90. The molecule has 0 N–H and O–H groups in total. The van der Waals surface area contributed by atoms with Crippen LogP contribution in [0.4, 0.5) is 0 Å². The van der Waals surface area contributed by atoms with Gasteiger partial charge in [0.15, 0.2) is 0 Å². The molecule has 14 heavy (non-hydrogen) atoms. The first kappa shape index (κ1) is 10.8. The summed E-state index contributed by atoms with van der Waals surface area (Å²) >= 11 is 0. The summed E-state index contributed by atoms with van der Waals surface area (Å²) in [4.78, 5) is 11.4. The second-order valence-corrected chi connectivity index (χ2v) is 3.89. The second kappa shape index (κ2) is 5.47. The van der Waals surface area contributed by atoms with E-state index in [1.807, 2.05) is 6.07 Å². The Kier molecular flexibility index (Phi) is 4.23. The lowest BCUT2D eigenvalue weighted by atomic mass is 10.0. The van der Waals surface area contributed by atoms with Crippen LogP contribution in [0, 0.1) is 5.92 Å². The van der Waals surface area contributed by atoms with Gasteiger partial charge >= 0.3 is 0 Å². The van der Waals surface area contributed by atoms with Crippen molar-refractivity contribution in [3.63, 3.8) is 0 Å². The summed E-state index contributed by atoms with van der Waals surface area (Å²) in [7, 11) is 0. The zero-order valence-corrected chi connectivity index (χ0v) is 8.73. The summed E-state index contributed by atoms with van der Waals surface area (Å²) in [5.41, 5.74) is 1.08. The Bertz CT molecular complexity index is 283. The Morgan fingerprint density at radius 3 is 2.79 bits per heavy atom. The van der Waals surface area contributed by atoms with Gasteiger partial charge in [0, 0.05) is 19.0 Å². The molecule has 0 radical (unpaired) electrons. The molecule has 0 aliphatic rings. The van der Waals surface area contributed by atoms with Crippen LogP contribution in [0.15, 0.2) is 18.5 Å². The maximum absolute atomic E-state index is 11.4. The van der Waals surface area contributed by atoms with Gasteiger partial charge < -0.3 is 0 Å². The molecule has 76 valence electrons. The fraction of sp³-hybridized carbons (Fsp3) is 0.545. The van der Waals surface area contributed by atoms with Crippen molar-refractivity contribution in [3.8, 4) is 0 Å². The summed E-state index contributed by atoms with van der Waals surface area (Å²) in [5, 5.41) is 7.45. The molecule has 0 bridgehead atoms. The molecule has 0 saturated heterocycles. The topological polar surface area (TPSA) is 42.9 Å². The Labute approximate surface area is 84.6 Å². The number of aromatic nitrogens is 2. The van der Waals surface area contributed by atoms with Crippen LogP contribution in [0.2, 0.25) is 0 Å². The van der Waals surface area contributed by atoms with Crippen molar-refractivity contribution < 1.29 is 4.79 Å². The molecular weight excluding hydrogens is 176 g/mol. The largest absolute Gasteiger partial charge is 0.300 e. The lowest BCUT2D eigenvalue weighted by Crippen LogP contribution is -2.04. The highest BCUT2D eigenvalue weighted by Gasteiger charge is 2.05. The highest BCUT2D eigenvalue weighted by Crippen LogP contribution is 2.06. The maximum Gasteiger partial charge on any atom is 0.133 e. The quantitative estimate of drug-likeness (QED) is 0.716. The van der Waals surface area contributed by atoms with Crippen molar-refractivity contribution in [1.82, 2.24) is 10.2 Å². The number of carbonyl (C=O) groups is 1. The van der Waals surface area contributed by atoms with E-state index in [0.717, 1.165) is 12.0 Å². The predicted molar refractivity (Wildman–Crippen MR) is 54.8 cm³/mol. The number of carbonyl (C=O) groups excluding carboxylic acids is 1. The van der Waals surface area contributed by atoms with Crippen LogP contribution >= 0.6 is 0 Å². The smallest absolute Gasteiger partial charge is 0.133 e. The first-order valence-corrected chi connectivity index (χ1v) is 4.95. The van der Waals surface area contributed by atoms with Crippen LogP contribution in [0.5, 0.6) is 0 Å². The molecule has 0 aromatic carbocycles. The van der Waals surface area contributed by atoms with Gasteiger partial charge in [-0.1, -0.05) is 13.8 Å². The average Bonchev–Trinajstić information content (AvgIpc) is 2.15. The van der Waals surface area contributed by atoms with Crippen molar-refractivity contribution in [3.05, 3.63) is 24.0 Å².